The van der Waals surface area contributed by atoms with E-state index in [0.29, 0.717) is 29.1 Å². The molecule has 0 bridgehead atoms. The van der Waals surface area contributed by atoms with Crippen LogP contribution in [0.3, 0.4) is 0 Å². The van der Waals surface area contributed by atoms with Crippen LogP contribution in [0.15, 0.2) is 40.2 Å². The molecule has 20 heavy (non-hydrogen) atoms. The van der Waals surface area contributed by atoms with Gasteiger partial charge in [0, 0.05) is 30.7 Å². The number of nitrogens with zero attached hydrogens (tertiary/aromatic N) is 3. The van der Waals surface area contributed by atoms with Crippen molar-refractivity contribution < 1.29 is 8.63 Å². The van der Waals surface area contributed by atoms with Gasteiger partial charge in [0.2, 0.25) is 0 Å². The van der Waals surface area contributed by atoms with E-state index in [1.165, 1.54) is 0 Å². The summed E-state index contributed by atoms with van der Waals surface area (Å²) in [6.45, 7) is 2.52. The number of nitrogens with two attached hydrogens (primary N) is 1. The second kappa shape index (κ2) is 5.09. The van der Waals surface area contributed by atoms with E-state index in [0.717, 1.165) is 5.82 Å². The molecule has 2 heterocycles. The third-order valence-corrected chi connectivity index (χ3v) is 4.15. The minimum atomic E-state index is -1.28. The normalized spacial score (nSPS) is 12.8. The lowest BCUT2D eigenvalue weighted by molar-refractivity contribution is 0.477. The average molecular weight is 290 g/mol. The van der Waals surface area contributed by atoms with E-state index in [1.54, 1.807) is 24.4 Å². The summed E-state index contributed by atoms with van der Waals surface area (Å²) in [7, 11) is -1.28. The van der Waals surface area contributed by atoms with Crippen molar-refractivity contribution in [3.63, 3.8) is 0 Å². The molecule has 0 radical (unpaired) electrons. The number of benzene rings is 1. The second-order valence-corrected chi connectivity index (χ2v) is 5.87. The first-order chi connectivity index (χ1) is 9.63. The molecular weight excluding hydrogens is 276 g/mol. The summed E-state index contributed by atoms with van der Waals surface area (Å²) in [5, 5.41) is 0.239. The number of fused-ring (bicyclic) bond motifs is 1. The minimum Gasteiger partial charge on any atom is -0.430 e. The monoisotopic (exact) mass is 290 g/mol. The Kier molecular flexibility index (Phi) is 3.27. The molecule has 0 aliphatic rings. The first-order valence-corrected chi connectivity index (χ1v) is 7.47. The van der Waals surface area contributed by atoms with Crippen LogP contribution < -0.4 is 5.73 Å². The van der Waals surface area contributed by atoms with Gasteiger partial charge in [0.25, 0.3) is 5.22 Å². The van der Waals surface area contributed by atoms with Crippen LogP contribution in [0.25, 0.3) is 11.1 Å². The zero-order valence-electron chi connectivity index (χ0n) is 10.9. The number of oxazole rings is 1. The molecule has 0 saturated carbocycles. The molecule has 7 heteroatoms. The molecule has 3 aromatic rings. The number of anilines is 1. The van der Waals surface area contributed by atoms with Crippen molar-refractivity contribution >= 4 is 27.6 Å². The van der Waals surface area contributed by atoms with Gasteiger partial charge in [-0.05, 0) is 19.1 Å². The summed E-state index contributed by atoms with van der Waals surface area (Å²) >= 11 is 0. The number of imidazole rings is 1. The van der Waals surface area contributed by atoms with Crippen molar-refractivity contribution in [1.29, 1.82) is 0 Å². The Morgan fingerprint density at radius 1 is 1.45 bits per heavy atom. The van der Waals surface area contributed by atoms with Gasteiger partial charge in [-0.15, -0.1) is 0 Å². The van der Waals surface area contributed by atoms with Gasteiger partial charge in [0.1, 0.15) is 22.1 Å². The van der Waals surface area contributed by atoms with E-state index in [2.05, 4.69) is 9.97 Å². The van der Waals surface area contributed by atoms with Crippen LogP contribution in [0.5, 0.6) is 0 Å². The molecule has 0 amide bonds. The first-order valence-electron chi connectivity index (χ1n) is 6.15. The zero-order chi connectivity index (χ0) is 14.1. The van der Waals surface area contributed by atoms with E-state index in [1.807, 2.05) is 17.7 Å². The maximum absolute atomic E-state index is 12.2. The molecule has 0 spiro atoms. The highest BCUT2D eigenvalue weighted by Crippen LogP contribution is 2.20. The molecule has 1 aromatic carbocycles. The molecule has 0 saturated heterocycles. The van der Waals surface area contributed by atoms with Crippen LogP contribution in [0.4, 0.5) is 5.69 Å². The minimum absolute atomic E-state index is 0.239. The lowest BCUT2D eigenvalue weighted by atomic mass is 10.3. The smallest absolute Gasteiger partial charge is 0.288 e. The fourth-order valence-corrected chi connectivity index (χ4v) is 2.85. The van der Waals surface area contributed by atoms with E-state index < -0.39 is 10.8 Å². The number of hydrogen-bond acceptors (Lipinski definition) is 5. The summed E-state index contributed by atoms with van der Waals surface area (Å²) in [5.74, 6) is 1.33. The van der Waals surface area contributed by atoms with Crippen LogP contribution in [-0.4, -0.2) is 24.5 Å². The van der Waals surface area contributed by atoms with Crippen LogP contribution in [0.1, 0.15) is 5.82 Å². The Morgan fingerprint density at radius 2 is 2.30 bits per heavy atom. The second-order valence-electron chi connectivity index (χ2n) is 4.42. The van der Waals surface area contributed by atoms with Crippen molar-refractivity contribution in [3.8, 4) is 0 Å². The maximum Gasteiger partial charge on any atom is 0.288 e. The van der Waals surface area contributed by atoms with Crippen molar-refractivity contribution in [2.24, 2.45) is 0 Å². The van der Waals surface area contributed by atoms with Gasteiger partial charge >= 0.3 is 0 Å². The van der Waals surface area contributed by atoms with Crippen LogP contribution in [0, 0.1) is 6.92 Å². The zero-order valence-corrected chi connectivity index (χ0v) is 11.8. The quantitative estimate of drug-likeness (QED) is 0.739. The Labute approximate surface area is 118 Å². The first kappa shape index (κ1) is 12.9. The van der Waals surface area contributed by atoms with E-state index >= 15 is 0 Å². The Morgan fingerprint density at radius 3 is 3.05 bits per heavy atom. The Balaban J connectivity index is 1.77. The molecule has 0 aliphatic carbocycles. The molecule has 2 aromatic heterocycles. The number of rotatable bonds is 4. The molecule has 6 nitrogen and oxygen atoms in total. The molecule has 1 unspecified atom stereocenters. The summed E-state index contributed by atoms with van der Waals surface area (Å²) in [6, 6.07) is 5.18. The fourth-order valence-electron chi connectivity index (χ4n) is 1.93. The Hall–Kier alpha value is -2.15. The highest BCUT2D eigenvalue weighted by atomic mass is 32.2. The third kappa shape index (κ3) is 2.44. The summed E-state index contributed by atoms with van der Waals surface area (Å²) in [6.07, 6.45) is 3.58. The molecule has 0 fully saturated rings. The summed E-state index contributed by atoms with van der Waals surface area (Å²) in [5.41, 5.74) is 7.50. The van der Waals surface area contributed by atoms with Crippen LogP contribution in [0.2, 0.25) is 0 Å². The summed E-state index contributed by atoms with van der Waals surface area (Å²) < 4.78 is 19.6. The standard InChI is InChI=1S/C13H14N4O2S/c1-9-15-4-5-17(9)6-7-20(18)13-16-11-3-2-10(14)8-12(11)19-13/h2-5,8H,6-7,14H2,1H3. The van der Waals surface area contributed by atoms with Crippen LogP contribution >= 0.6 is 0 Å². The van der Waals surface area contributed by atoms with Crippen molar-refractivity contribution in [1.82, 2.24) is 14.5 Å². The summed E-state index contributed by atoms with van der Waals surface area (Å²) in [4.78, 5) is 8.35. The lowest BCUT2D eigenvalue weighted by Crippen LogP contribution is -2.08. The molecule has 2 N–H and O–H groups in total. The van der Waals surface area contributed by atoms with Gasteiger partial charge < -0.3 is 14.7 Å². The van der Waals surface area contributed by atoms with E-state index in [9.17, 15) is 4.21 Å². The Bertz CT molecular complexity index is 778. The number of aromatic nitrogens is 3. The van der Waals surface area contributed by atoms with Crippen molar-refractivity contribution in [2.75, 3.05) is 11.5 Å². The topological polar surface area (TPSA) is 86.9 Å². The highest BCUT2D eigenvalue weighted by molar-refractivity contribution is 7.84. The lowest BCUT2D eigenvalue weighted by Gasteiger charge is -2.02. The SMILES string of the molecule is Cc1nccn1CCS(=O)c1nc2ccc(N)cc2o1. The predicted octanol–water partition coefficient (Wildman–Crippen LogP) is 1.72. The van der Waals surface area contributed by atoms with Crippen molar-refractivity contribution in [3.05, 3.63) is 36.4 Å². The van der Waals surface area contributed by atoms with Crippen LogP contribution in [-0.2, 0) is 17.3 Å². The number of nitrogen functional groups attached to an aromatic ring is 1. The van der Waals surface area contributed by atoms with Gasteiger partial charge in [-0.2, -0.15) is 0 Å². The van der Waals surface area contributed by atoms with E-state index in [-0.39, 0.29) is 5.22 Å². The number of hydrogen-bond donors (Lipinski definition) is 1. The molecule has 104 valence electrons. The fraction of sp³-hybridized carbons (Fsp3) is 0.231. The number of aryl methyl sites for hydroxylation is 2. The van der Waals surface area contributed by atoms with Gasteiger partial charge in [-0.25, -0.2) is 14.2 Å². The predicted molar refractivity (Wildman–Crippen MR) is 76.7 cm³/mol. The average Bonchev–Trinajstić information content (AvgIpc) is 3.01. The molecule has 1 atom stereocenters. The molecule has 3 rings (SSSR count). The molecule has 0 aliphatic heterocycles. The van der Waals surface area contributed by atoms with Crippen molar-refractivity contribution in [2.45, 2.75) is 18.7 Å². The van der Waals surface area contributed by atoms with Gasteiger partial charge in [0.15, 0.2) is 5.58 Å². The maximum atomic E-state index is 12.2. The third-order valence-electron chi connectivity index (χ3n) is 3.03. The largest absolute Gasteiger partial charge is 0.430 e. The molecular formula is C13H14N4O2S. The van der Waals surface area contributed by atoms with Gasteiger partial charge in [-0.3, -0.25) is 0 Å². The van der Waals surface area contributed by atoms with Gasteiger partial charge in [-0.1, -0.05) is 0 Å². The van der Waals surface area contributed by atoms with E-state index in [4.69, 9.17) is 10.2 Å². The highest BCUT2D eigenvalue weighted by Gasteiger charge is 2.13. The van der Waals surface area contributed by atoms with Gasteiger partial charge in [0.05, 0.1) is 5.75 Å².